The van der Waals surface area contributed by atoms with Gasteiger partial charge in [0.25, 0.3) is 0 Å². The third-order valence-corrected chi connectivity index (χ3v) is 6.46. The Labute approximate surface area is 149 Å². The zero-order chi connectivity index (χ0) is 18.4. The van der Waals surface area contributed by atoms with Gasteiger partial charge in [-0.2, -0.15) is 0 Å². The molecule has 1 aromatic carbocycles. The molecule has 0 amide bonds. The molecule has 0 aliphatic heterocycles. The lowest BCUT2D eigenvalue weighted by Crippen LogP contribution is -2.34. The van der Waals surface area contributed by atoms with E-state index < -0.39 is 23.3 Å². The zero-order valence-electron chi connectivity index (χ0n) is 14.3. The average molecular weight is 399 g/mol. The van der Waals surface area contributed by atoms with E-state index >= 15 is 0 Å². The first-order valence-corrected chi connectivity index (χ1v) is 8.80. The zero-order valence-corrected chi connectivity index (χ0v) is 15.8. The van der Waals surface area contributed by atoms with Crippen molar-refractivity contribution in [3.8, 4) is 5.75 Å². The molecule has 2 rings (SSSR count). The van der Waals surface area contributed by atoms with Gasteiger partial charge >= 0.3 is 11.9 Å². The summed E-state index contributed by atoms with van der Waals surface area (Å²) < 4.78 is 0.333. The summed E-state index contributed by atoms with van der Waals surface area (Å²) in [6.07, 6.45) is 1.21. The monoisotopic (exact) mass is 398 g/mol. The van der Waals surface area contributed by atoms with Crippen LogP contribution in [0.4, 0.5) is 0 Å². The number of rotatable bonds is 4. The van der Waals surface area contributed by atoms with Crippen LogP contribution < -0.4 is 0 Å². The lowest BCUT2D eigenvalue weighted by atomic mass is 9.69. The molecule has 24 heavy (non-hydrogen) atoms. The maximum Gasteiger partial charge on any atom is 0.339 e. The molecule has 1 saturated carbocycles. The summed E-state index contributed by atoms with van der Waals surface area (Å²) in [5.41, 5.74) is -0.139. The van der Waals surface area contributed by atoms with Crippen LogP contribution in [0.3, 0.4) is 0 Å². The molecular formula is C18H23BrO5. The lowest BCUT2D eigenvalue weighted by Gasteiger charge is -2.34. The minimum absolute atomic E-state index is 0.0455. The van der Waals surface area contributed by atoms with E-state index in [9.17, 15) is 24.9 Å². The molecule has 0 aromatic heterocycles. The van der Waals surface area contributed by atoms with E-state index in [1.807, 2.05) is 13.8 Å². The number of carboxylic acids is 2. The van der Waals surface area contributed by atoms with Gasteiger partial charge < -0.3 is 15.3 Å². The van der Waals surface area contributed by atoms with Gasteiger partial charge in [0, 0.05) is 5.92 Å². The maximum absolute atomic E-state index is 12.0. The fraction of sp³-hybridized carbons (Fsp3) is 0.556. The van der Waals surface area contributed by atoms with Gasteiger partial charge in [0.05, 0.1) is 9.89 Å². The summed E-state index contributed by atoms with van der Waals surface area (Å²) in [7, 11) is 0. The molecule has 0 saturated heterocycles. The van der Waals surface area contributed by atoms with E-state index in [2.05, 4.69) is 15.9 Å². The first kappa shape index (κ1) is 18.8. The van der Waals surface area contributed by atoms with Crippen LogP contribution in [0.15, 0.2) is 10.5 Å². The van der Waals surface area contributed by atoms with Crippen molar-refractivity contribution in [1.82, 2.24) is 0 Å². The van der Waals surface area contributed by atoms with E-state index in [0.717, 1.165) is 6.42 Å². The van der Waals surface area contributed by atoms with Crippen molar-refractivity contribution < 1.29 is 24.9 Å². The first-order chi connectivity index (χ1) is 11.0. The Bertz CT molecular complexity index is 697. The van der Waals surface area contributed by atoms with Gasteiger partial charge in [0.15, 0.2) is 0 Å². The maximum atomic E-state index is 12.0. The first-order valence-electron chi connectivity index (χ1n) is 8.01. The standard InChI is InChI=1S/C18H23BrO5/c1-8(2)10-5-6-18(4,17(23)24)13(10)11-7-9(3)14(19)15(20)12(11)16(21)22/h7-8,10,13,20H,5-6H2,1-4H3,(H,21,22)(H,23,24). The summed E-state index contributed by atoms with van der Waals surface area (Å²) in [5.74, 6) is -2.70. The van der Waals surface area contributed by atoms with Gasteiger partial charge in [0.1, 0.15) is 11.3 Å². The fourth-order valence-corrected chi connectivity index (χ4v) is 4.38. The molecule has 3 unspecified atom stereocenters. The number of carbonyl (C=O) groups is 2. The van der Waals surface area contributed by atoms with E-state index in [0.29, 0.717) is 22.0 Å². The second kappa shape index (κ2) is 6.39. The molecule has 0 spiro atoms. The van der Waals surface area contributed by atoms with Gasteiger partial charge in [-0.25, -0.2) is 4.79 Å². The van der Waals surface area contributed by atoms with E-state index in [-0.39, 0.29) is 23.1 Å². The Hall–Kier alpha value is -1.56. The predicted octanol–water partition coefficient (Wildman–Crippen LogP) is 4.40. The number of carboxylic acid groups (broad SMARTS) is 2. The molecule has 1 aliphatic rings. The van der Waals surface area contributed by atoms with Crippen molar-refractivity contribution in [2.24, 2.45) is 17.3 Å². The van der Waals surface area contributed by atoms with E-state index in [4.69, 9.17) is 0 Å². The normalized spacial score (nSPS) is 26.8. The van der Waals surface area contributed by atoms with Gasteiger partial charge in [0.2, 0.25) is 0 Å². The molecule has 1 aliphatic carbocycles. The second-order valence-corrected chi connectivity index (χ2v) is 8.07. The largest absolute Gasteiger partial charge is 0.506 e. The second-order valence-electron chi connectivity index (χ2n) is 7.27. The molecule has 1 aromatic rings. The average Bonchev–Trinajstić information content (AvgIpc) is 2.83. The molecule has 0 heterocycles. The number of benzene rings is 1. The van der Waals surface area contributed by atoms with Gasteiger partial charge in [-0.15, -0.1) is 0 Å². The van der Waals surface area contributed by atoms with Crippen LogP contribution in [0.5, 0.6) is 5.75 Å². The Morgan fingerprint density at radius 3 is 2.38 bits per heavy atom. The van der Waals surface area contributed by atoms with Crippen molar-refractivity contribution >= 4 is 27.9 Å². The summed E-state index contributed by atoms with van der Waals surface area (Å²) in [6, 6.07) is 1.71. The summed E-state index contributed by atoms with van der Waals surface area (Å²) in [5, 5.41) is 29.8. The highest BCUT2D eigenvalue weighted by atomic mass is 79.9. The summed E-state index contributed by atoms with van der Waals surface area (Å²) >= 11 is 3.21. The number of aryl methyl sites for hydroxylation is 1. The van der Waals surface area contributed by atoms with Crippen LogP contribution in [0.2, 0.25) is 0 Å². The number of halogens is 1. The van der Waals surface area contributed by atoms with Crippen molar-refractivity contribution in [2.45, 2.75) is 46.5 Å². The molecule has 1 fully saturated rings. The Kier molecular flexibility index (Phi) is 5.00. The highest BCUT2D eigenvalue weighted by Crippen LogP contribution is 2.57. The minimum Gasteiger partial charge on any atom is -0.506 e. The van der Waals surface area contributed by atoms with Crippen LogP contribution in [-0.4, -0.2) is 27.3 Å². The lowest BCUT2D eigenvalue weighted by molar-refractivity contribution is -0.148. The Morgan fingerprint density at radius 2 is 1.92 bits per heavy atom. The number of aromatic hydroxyl groups is 1. The van der Waals surface area contributed by atoms with E-state index in [1.165, 1.54) is 0 Å². The quantitative estimate of drug-likeness (QED) is 0.698. The summed E-state index contributed by atoms with van der Waals surface area (Å²) in [6.45, 7) is 7.49. The predicted molar refractivity (Wildman–Crippen MR) is 93.5 cm³/mol. The van der Waals surface area contributed by atoms with Crippen molar-refractivity contribution in [2.75, 3.05) is 0 Å². The van der Waals surface area contributed by atoms with Crippen LogP contribution in [0.1, 0.15) is 61.0 Å². The highest BCUT2D eigenvalue weighted by molar-refractivity contribution is 9.10. The smallest absolute Gasteiger partial charge is 0.339 e. The van der Waals surface area contributed by atoms with Crippen LogP contribution >= 0.6 is 15.9 Å². The van der Waals surface area contributed by atoms with Crippen LogP contribution in [0, 0.1) is 24.2 Å². The number of phenols is 1. The third kappa shape index (κ3) is 2.81. The van der Waals surface area contributed by atoms with Crippen molar-refractivity contribution in [3.05, 3.63) is 27.2 Å². The van der Waals surface area contributed by atoms with Crippen LogP contribution in [0.25, 0.3) is 0 Å². The molecule has 0 radical (unpaired) electrons. The molecular weight excluding hydrogens is 376 g/mol. The number of hydrogen-bond donors (Lipinski definition) is 3. The van der Waals surface area contributed by atoms with Crippen molar-refractivity contribution in [3.63, 3.8) is 0 Å². The number of hydrogen-bond acceptors (Lipinski definition) is 3. The minimum atomic E-state index is -1.25. The molecule has 5 nitrogen and oxygen atoms in total. The van der Waals surface area contributed by atoms with Gasteiger partial charge in [-0.1, -0.05) is 19.9 Å². The SMILES string of the molecule is Cc1cc(C2C(C(C)C)CCC2(C)C(=O)O)c(C(=O)O)c(O)c1Br. The highest BCUT2D eigenvalue weighted by Gasteiger charge is 2.53. The molecule has 0 bridgehead atoms. The molecule has 132 valence electrons. The summed E-state index contributed by atoms with van der Waals surface area (Å²) in [4.78, 5) is 23.8. The number of aromatic carboxylic acids is 1. The van der Waals surface area contributed by atoms with Gasteiger partial charge in [-0.05, 0) is 65.6 Å². The van der Waals surface area contributed by atoms with Crippen LogP contribution in [-0.2, 0) is 4.79 Å². The topological polar surface area (TPSA) is 94.8 Å². The third-order valence-electron chi connectivity index (χ3n) is 5.46. The van der Waals surface area contributed by atoms with E-state index in [1.54, 1.807) is 19.9 Å². The molecule has 3 N–H and O–H groups in total. The number of aliphatic carboxylic acids is 1. The Balaban J connectivity index is 2.79. The Morgan fingerprint density at radius 1 is 1.33 bits per heavy atom. The molecule has 3 atom stereocenters. The fourth-order valence-electron chi connectivity index (χ4n) is 4.07. The molecule has 6 heteroatoms. The van der Waals surface area contributed by atoms with Gasteiger partial charge in [-0.3, -0.25) is 4.79 Å². The van der Waals surface area contributed by atoms with Crippen molar-refractivity contribution in [1.29, 1.82) is 0 Å².